The van der Waals surface area contributed by atoms with E-state index >= 15 is 0 Å². The minimum atomic E-state index is -0.653. The average Bonchev–Trinajstić information content (AvgIpc) is 2.86. The van der Waals surface area contributed by atoms with E-state index in [0.717, 1.165) is 34.2 Å². The fraction of sp³-hybridized carbons (Fsp3) is 0.333. The Morgan fingerprint density at radius 1 is 0.886 bits per heavy atom. The van der Waals surface area contributed by atoms with Crippen LogP contribution in [0.5, 0.6) is 5.75 Å². The highest BCUT2D eigenvalue weighted by atomic mass is 16.5. The van der Waals surface area contributed by atoms with Gasteiger partial charge in [-0.15, -0.1) is 0 Å². The Labute approximate surface area is 209 Å². The molecule has 184 valence electrons. The van der Waals surface area contributed by atoms with Crippen LogP contribution in [0.15, 0.2) is 72.8 Å². The lowest BCUT2D eigenvalue weighted by Crippen LogP contribution is -2.51. The summed E-state index contributed by atoms with van der Waals surface area (Å²) >= 11 is 0. The van der Waals surface area contributed by atoms with Crippen molar-refractivity contribution < 1.29 is 14.3 Å². The van der Waals surface area contributed by atoms with Crippen molar-refractivity contribution in [2.75, 3.05) is 13.2 Å². The van der Waals surface area contributed by atoms with E-state index in [4.69, 9.17) is 4.74 Å². The maximum Gasteiger partial charge on any atom is 0.261 e. The minimum absolute atomic E-state index is 0.136. The number of hydrogen-bond donors (Lipinski definition) is 1. The lowest BCUT2D eigenvalue weighted by Gasteiger charge is -2.31. The molecule has 2 amide bonds. The Hall–Kier alpha value is -3.60. The van der Waals surface area contributed by atoms with Crippen molar-refractivity contribution in [1.82, 2.24) is 10.2 Å². The summed E-state index contributed by atoms with van der Waals surface area (Å²) in [6.07, 6.45) is 1.25. The number of amides is 2. The molecule has 0 spiro atoms. The van der Waals surface area contributed by atoms with Crippen LogP contribution >= 0.6 is 0 Å². The van der Waals surface area contributed by atoms with Gasteiger partial charge in [-0.3, -0.25) is 9.59 Å². The molecule has 0 saturated heterocycles. The maximum atomic E-state index is 13.6. The molecule has 0 aliphatic carbocycles. The fourth-order valence-electron chi connectivity index (χ4n) is 3.90. The van der Waals surface area contributed by atoms with Crippen molar-refractivity contribution in [3.05, 3.63) is 101 Å². The van der Waals surface area contributed by atoms with Gasteiger partial charge in [-0.1, -0.05) is 79.2 Å². The third-order valence-electron chi connectivity index (χ3n) is 5.99. The molecule has 0 bridgehead atoms. The van der Waals surface area contributed by atoms with E-state index in [2.05, 4.69) is 5.32 Å². The van der Waals surface area contributed by atoms with Crippen molar-refractivity contribution in [3.8, 4) is 5.75 Å². The predicted molar refractivity (Wildman–Crippen MR) is 140 cm³/mol. The number of rotatable bonds is 11. The highest BCUT2D eigenvalue weighted by Gasteiger charge is 2.30. The molecular weight excluding hydrogens is 436 g/mol. The number of carbonyl (C=O) groups is 2. The predicted octanol–water partition coefficient (Wildman–Crippen LogP) is 5.16. The first-order valence-electron chi connectivity index (χ1n) is 12.2. The number of nitrogens with one attached hydrogen (secondary N) is 1. The van der Waals surface area contributed by atoms with Crippen LogP contribution in [0.4, 0.5) is 0 Å². The molecule has 3 aromatic rings. The first-order valence-corrected chi connectivity index (χ1v) is 12.2. The summed E-state index contributed by atoms with van der Waals surface area (Å²) in [6.45, 7) is 8.75. The van der Waals surface area contributed by atoms with E-state index in [1.807, 2.05) is 100 Å². The monoisotopic (exact) mass is 472 g/mol. The first-order chi connectivity index (χ1) is 16.9. The van der Waals surface area contributed by atoms with Crippen LogP contribution in [0, 0.1) is 20.8 Å². The largest absolute Gasteiger partial charge is 0.483 e. The highest BCUT2D eigenvalue weighted by Crippen LogP contribution is 2.20. The van der Waals surface area contributed by atoms with Gasteiger partial charge in [0.15, 0.2) is 6.61 Å². The van der Waals surface area contributed by atoms with Crippen molar-refractivity contribution >= 4 is 11.8 Å². The molecule has 5 heteroatoms. The van der Waals surface area contributed by atoms with Crippen LogP contribution in [0.3, 0.4) is 0 Å². The van der Waals surface area contributed by atoms with Crippen LogP contribution in [-0.4, -0.2) is 35.9 Å². The summed E-state index contributed by atoms with van der Waals surface area (Å²) in [6, 6.07) is 23.2. The number of ether oxygens (including phenoxy) is 1. The van der Waals surface area contributed by atoms with Crippen LogP contribution < -0.4 is 10.1 Å². The van der Waals surface area contributed by atoms with Crippen LogP contribution in [0.1, 0.15) is 41.2 Å². The van der Waals surface area contributed by atoms with E-state index in [-0.39, 0.29) is 18.4 Å². The first kappa shape index (κ1) is 26.0. The lowest BCUT2D eigenvalue weighted by atomic mass is 10.0. The zero-order chi connectivity index (χ0) is 25.2. The van der Waals surface area contributed by atoms with Crippen molar-refractivity contribution in [2.45, 2.75) is 53.1 Å². The summed E-state index contributed by atoms with van der Waals surface area (Å²) in [4.78, 5) is 28.6. The number of benzene rings is 3. The Morgan fingerprint density at radius 3 is 2.26 bits per heavy atom. The van der Waals surface area contributed by atoms with Gasteiger partial charge >= 0.3 is 0 Å². The number of aryl methyl sites for hydroxylation is 3. The molecule has 0 saturated carbocycles. The molecule has 0 aliphatic rings. The van der Waals surface area contributed by atoms with E-state index < -0.39 is 6.04 Å². The van der Waals surface area contributed by atoms with E-state index in [1.54, 1.807) is 4.90 Å². The second-order valence-corrected chi connectivity index (χ2v) is 9.06. The van der Waals surface area contributed by atoms with Gasteiger partial charge < -0.3 is 15.0 Å². The number of carbonyl (C=O) groups excluding carboxylic acids is 2. The van der Waals surface area contributed by atoms with Crippen LogP contribution in [0.2, 0.25) is 0 Å². The third-order valence-corrected chi connectivity index (χ3v) is 5.99. The smallest absolute Gasteiger partial charge is 0.261 e. The summed E-state index contributed by atoms with van der Waals surface area (Å²) in [5.74, 6) is 0.311. The Balaban J connectivity index is 1.90. The molecule has 1 atom stereocenters. The molecule has 0 aliphatic heterocycles. The molecule has 0 heterocycles. The second kappa shape index (κ2) is 12.7. The minimum Gasteiger partial charge on any atom is -0.483 e. The van der Waals surface area contributed by atoms with Gasteiger partial charge in [-0.25, -0.2) is 0 Å². The fourth-order valence-corrected chi connectivity index (χ4v) is 3.90. The van der Waals surface area contributed by atoms with Gasteiger partial charge in [0.2, 0.25) is 5.91 Å². The summed E-state index contributed by atoms with van der Waals surface area (Å²) in [7, 11) is 0. The van der Waals surface area contributed by atoms with Gasteiger partial charge in [-0.2, -0.15) is 0 Å². The summed E-state index contributed by atoms with van der Waals surface area (Å²) < 4.78 is 5.96. The lowest BCUT2D eigenvalue weighted by molar-refractivity contribution is -0.142. The molecule has 0 unspecified atom stereocenters. The van der Waals surface area contributed by atoms with Crippen LogP contribution in [-0.2, 0) is 22.6 Å². The van der Waals surface area contributed by atoms with Gasteiger partial charge in [0, 0.05) is 19.5 Å². The van der Waals surface area contributed by atoms with Gasteiger partial charge in [0.1, 0.15) is 11.8 Å². The number of hydrogen-bond acceptors (Lipinski definition) is 3. The average molecular weight is 473 g/mol. The van der Waals surface area contributed by atoms with Gasteiger partial charge in [0.25, 0.3) is 5.91 Å². The molecule has 0 radical (unpaired) electrons. The molecule has 0 fully saturated rings. The SMILES string of the molecule is CCCNC(=O)[C@H](Cc1ccccc1)N(Cc1ccc(C)cc1)C(=O)COc1cc(C)ccc1C. The van der Waals surface area contributed by atoms with Crippen molar-refractivity contribution in [3.63, 3.8) is 0 Å². The van der Waals surface area contributed by atoms with E-state index in [9.17, 15) is 9.59 Å². The normalized spacial score (nSPS) is 11.5. The topological polar surface area (TPSA) is 58.6 Å². The second-order valence-electron chi connectivity index (χ2n) is 9.06. The maximum absolute atomic E-state index is 13.6. The molecule has 0 aromatic heterocycles. The molecule has 35 heavy (non-hydrogen) atoms. The Morgan fingerprint density at radius 2 is 1.57 bits per heavy atom. The number of nitrogens with zero attached hydrogens (tertiary/aromatic N) is 1. The Kier molecular flexibility index (Phi) is 9.47. The zero-order valence-corrected chi connectivity index (χ0v) is 21.2. The van der Waals surface area contributed by atoms with Gasteiger partial charge in [-0.05, 0) is 55.5 Å². The Bertz CT molecular complexity index is 1110. The van der Waals surface area contributed by atoms with Crippen molar-refractivity contribution in [1.29, 1.82) is 0 Å². The highest BCUT2D eigenvalue weighted by molar-refractivity contribution is 5.88. The molecule has 3 rings (SSSR count). The van der Waals surface area contributed by atoms with Gasteiger partial charge in [0.05, 0.1) is 0 Å². The zero-order valence-electron chi connectivity index (χ0n) is 21.2. The van der Waals surface area contributed by atoms with Crippen molar-refractivity contribution in [2.24, 2.45) is 0 Å². The summed E-state index contributed by atoms with van der Waals surface area (Å²) in [5, 5.41) is 3.00. The van der Waals surface area contributed by atoms with Crippen LogP contribution in [0.25, 0.3) is 0 Å². The molecular formula is C30H36N2O3. The van der Waals surface area contributed by atoms with E-state index in [1.165, 1.54) is 0 Å². The quantitative estimate of drug-likeness (QED) is 0.420. The molecule has 3 aromatic carbocycles. The third kappa shape index (κ3) is 7.71. The summed E-state index contributed by atoms with van der Waals surface area (Å²) in [5.41, 5.74) is 5.15. The standard InChI is InChI=1S/C30H36N2O3/c1-5-17-31-30(34)27(19-25-9-7-6-8-10-25)32(20-26-15-12-22(2)13-16-26)29(33)21-35-28-18-23(3)11-14-24(28)4/h6-16,18,27H,5,17,19-21H2,1-4H3,(H,31,34)/t27-/m0/s1. The van der Waals surface area contributed by atoms with E-state index in [0.29, 0.717) is 25.3 Å². The molecule has 5 nitrogen and oxygen atoms in total. The molecule has 1 N–H and O–H groups in total.